The predicted octanol–water partition coefficient (Wildman–Crippen LogP) is 14.9. The number of rotatable bonds is 4. The zero-order valence-electron chi connectivity index (χ0n) is 31.7. The summed E-state index contributed by atoms with van der Waals surface area (Å²) in [5, 5.41) is 11.3. The van der Waals surface area contributed by atoms with Crippen molar-refractivity contribution in [1.29, 1.82) is 0 Å². The van der Waals surface area contributed by atoms with Gasteiger partial charge in [-0.15, -0.1) is 0 Å². The first-order valence-corrected chi connectivity index (χ1v) is 20.2. The molecular weight excluding hydrogens is 760 g/mol. The minimum Gasteiger partial charge on any atom is -0.456 e. The van der Waals surface area contributed by atoms with Crippen molar-refractivity contribution in [2.24, 2.45) is 0 Å². The standard InChI is InChI=1S/C53H29ClN4O2/c54-53-57-51(32-19-18-29-8-1-2-9-30(29)26-32)56-52(58-53)33-20-22-37-43-27-31(21-24-45(43)59-47(37)28-33)34-11-5-12-38-35(34)23-25-46-48(38)42-16-7-15-41(50(42)60-46)40-14-6-13-39-36-10-3-4-17-44(36)55-49(39)40/h1-28,55H. The van der Waals surface area contributed by atoms with Crippen LogP contribution in [0.1, 0.15) is 0 Å². The van der Waals surface area contributed by atoms with Crippen LogP contribution < -0.4 is 0 Å². The van der Waals surface area contributed by atoms with Crippen molar-refractivity contribution < 1.29 is 8.83 Å². The van der Waals surface area contributed by atoms with Gasteiger partial charge in [0.2, 0.25) is 5.28 Å². The van der Waals surface area contributed by atoms with Gasteiger partial charge in [-0.05, 0) is 86.7 Å². The summed E-state index contributed by atoms with van der Waals surface area (Å²) in [7, 11) is 0. The van der Waals surface area contributed by atoms with Gasteiger partial charge in [0.05, 0.1) is 5.52 Å². The van der Waals surface area contributed by atoms with E-state index in [0.29, 0.717) is 11.6 Å². The quantitative estimate of drug-likeness (QED) is 0.192. The van der Waals surface area contributed by atoms with Crippen molar-refractivity contribution in [3.05, 3.63) is 175 Å². The molecule has 1 N–H and O–H groups in total. The minimum absolute atomic E-state index is 0.136. The molecule has 13 aromatic rings. The Bertz CT molecular complexity index is 3930. The normalized spacial score (nSPS) is 12.1. The summed E-state index contributed by atoms with van der Waals surface area (Å²) in [5.74, 6) is 1.00. The first-order valence-electron chi connectivity index (χ1n) is 19.9. The summed E-state index contributed by atoms with van der Waals surface area (Å²) in [6, 6.07) is 59.1. The SMILES string of the molecule is Clc1nc(-c2ccc3ccccc3c2)nc(-c2ccc3c(c2)oc2ccc(-c4cccc5c4ccc4oc6c(-c7cccc8c7[nH]c7ccccc78)cccc6c45)cc23)n1. The van der Waals surface area contributed by atoms with E-state index in [9.17, 15) is 0 Å². The number of aromatic amines is 1. The highest BCUT2D eigenvalue weighted by Gasteiger charge is 2.19. The number of nitrogens with one attached hydrogen (secondary N) is 1. The molecule has 280 valence electrons. The molecule has 0 radical (unpaired) electrons. The van der Waals surface area contributed by atoms with E-state index in [2.05, 4.69) is 154 Å². The molecule has 60 heavy (non-hydrogen) atoms. The number of benzene rings is 9. The van der Waals surface area contributed by atoms with Crippen LogP contribution in [0.15, 0.2) is 179 Å². The first kappa shape index (κ1) is 33.2. The monoisotopic (exact) mass is 788 g/mol. The van der Waals surface area contributed by atoms with Gasteiger partial charge < -0.3 is 13.8 Å². The van der Waals surface area contributed by atoms with Crippen molar-refractivity contribution in [2.75, 3.05) is 0 Å². The van der Waals surface area contributed by atoms with Crippen LogP contribution in [0.2, 0.25) is 5.28 Å². The van der Waals surface area contributed by atoms with Crippen LogP contribution >= 0.6 is 11.6 Å². The van der Waals surface area contributed by atoms with Crippen LogP contribution in [0.4, 0.5) is 0 Å². The van der Waals surface area contributed by atoms with Crippen molar-refractivity contribution >= 4 is 98.8 Å². The molecule has 7 heteroatoms. The second-order valence-electron chi connectivity index (χ2n) is 15.4. The zero-order valence-corrected chi connectivity index (χ0v) is 32.5. The van der Waals surface area contributed by atoms with Gasteiger partial charge in [0.1, 0.15) is 22.3 Å². The third kappa shape index (κ3) is 4.98. The zero-order chi connectivity index (χ0) is 39.5. The maximum absolute atomic E-state index is 6.76. The van der Waals surface area contributed by atoms with E-state index in [1.807, 2.05) is 30.3 Å². The van der Waals surface area contributed by atoms with Gasteiger partial charge in [-0.1, -0.05) is 127 Å². The molecule has 0 saturated carbocycles. The van der Waals surface area contributed by atoms with E-state index < -0.39 is 0 Å². The Kier molecular flexibility index (Phi) is 6.97. The van der Waals surface area contributed by atoms with Crippen molar-refractivity contribution in [3.63, 3.8) is 0 Å². The average Bonchev–Trinajstić information content (AvgIpc) is 3.99. The smallest absolute Gasteiger partial charge is 0.226 e. The highest BCUT2D eigenvalue weighted by molar-refractivity contribution is 6.28. The molecule has 9 aromatic carbocycles. The van der Waals surface area contributed by atoms with E-state index >= 15 is 0 Å². The molecule has 0 spiro atoms. The number of para-hydroxylation sites is 3. The van der Waals surface area contributed by atoms with E-state index in [1.54, 1.807) is 0 Å². The molecule has 0 saturated heterocycles. The largest absolute Gasteiger partial charge is 0.456 e. The average molecular weight is 789 g/mol. The fourth-order valence-corrected chi connectivity index (χ4v) is 9.40. The topological polar surface area (TPSA) is 80.7 Å². The predicted molar refractivity (Wildman–Crippen MR) is 246 cm³/mol. The lowest BCUT2D eigenvalue weighted by Gasteiger charge is -2.08. The summed E-state index contributed by atoms with van der Waals surface area (Å²) in [4.78, 5) is 17.5. The van der Waals surface area contributed by atoms with Gasteiger partial charge in [0, 0.05) is 60.1 Å². The molecule has 4 aromatic heterocycles. The Balaban J connectivity index is 0.905. The molecule has 0 aliphatic carbocycles. The number of H-pyrrole nitrogens is 1. The van der Waals surface area contributed by atoms with Crippen LogP contribution in [0.5, 0.6) is 0 Å². The number of furan rings is 2. The van der Waals surface area contributed by atoms with Gasteiger partial charge in [0.25, 0.3) is 0 Å². The number of hydrogen-bond donors (Lipinski definition) is 1. The second kappa shape index (κ2) is 12.6. The second-order valence-corrected chi connectivity index (χ2v) is 15.7. The fraction of sp³-hybridized carbons (Fsp3) is 0. The van der Waals surface area contributed by atoms with Crippen molar-refractivity contribution in [3.8, 4) is 45.0 Å². The lowest BCUT2D eigenvalue weighted by molar-refractivity contribution is 0.669. The summed E-state index contributed by atoms with van der Waals surface area (Å²) >= 11 is 6.49. The molecule has 0 bridgehead atoms. The van der Waals surface area contributed by atoms with Crippen LogP contribution in [0.3, 0.4) is 0 Å². The highest BCUT2D eigenvalue weighted by Crippen LogP contribution is 2.44. The first-order chi connectivity index (χ1) is 29.6. The molecule has 13 rings (SSSR count). The number of fused-ring (bicyclic) bond motifs is 12. The van der Waals surface area contributed by atoms with Gasteiger partial charge in [-0.3, -0.25) is 0 Å². The molecule has 0 atom stereocenters. The van der Waals surface area contributed by atoms with Crippen molar-refractivity contribution in [1.82, 2.24) is 19.9 Å². The molecule has 4 heterocycles. The summed E-state index contributed by atoms with van der Waals surface area (Å²) < 4.78 is 13.2. The Morgan fingerprint density at radius 3 is 1.98 bits per heavy atom. The third-order valence-electron chi connectivity index (χ3n) is 12.0. The number of nitrogens with zero attached hydrogens (tertiary/aromatic N) is 3. The highest BCUT2D eigenvalue weighted by atomic mass is 35.5. The number of hydrogen-bond acceptors (Lipinski definition) is 5. The minimum atomic E-state index is 0.136. The fourth-order valence-electron chi connectivity index (χ4n) is 9.24. The number of aromatic nitrogens is 4. The Morgan fingerprint density at radius 1 is 0.400 bits per heavy atom. The van der Waals surface area contributed by atoms with Gasteiger partial charge in [-0.2, -0.15) is 9.97 Å². The molecule has 0 amide bonds. The maximum atomic E-state index is 6.76. The third-order valence-corrected chi connectivity index (χ3v) is 12.2. The molecule has 0 aliphatic rings. The van der Waals surface area contributed by atoms with E-state index in [0.717, 1.165) is 110 Å². The summed E-state index contributed by atoms with van der Waals surface area (Å²) in [6.07, 6.45) is 0. The van der Waals surface area contributed by atoms with E-state index in [-0.39, 0.29) is 5.28 Å². The van der Waals surface area contributed by atoms with Crippen LogP contribution in [-0.2, 0) is 0 Å². The Labute approximate surface area is 346 Å². The molecular formula is C53H29ClN4O2. The molecule has 0 unspecified atom stereocenters. The van der Waals surface area contributed by atoms with E-state index in [1.165, 1.54) is 10.8 Å². The van der Waals surface area contributed by atoms with Crippen LogP contribution in [-0.4, -0.2) is 19.9 Å². The summed E-state index contributed by atoms with van der Waals surface area (Å²) in [6.45, 7) is 0. The van der Waals surface area contributed by atoms with E-state index in [4.69, 9.17) is 25.4 Å². The number of halogens is 1. The van der Waals surface area contributed by atoms with Crippen LogP contribution in [0.25, 0.3) is 132 Å². The van der Waals surface area contributed by atoms with Crippen LogP contribution in [0, 0.1) is 0 Å². The lowest BCUT2D eigenvalue weighted by Crippen LogP contribution is -1.97. The molecule has 0 fully saturated rings. The lowest BCUT2D eigenvalue weighted by atomic mass is 9.94. The molecule has 0 aliphatic heterocycles. The Hall–Kier alpha value is -7.80. The maximum Gasteiger partial charge on any atom is 0.226 e. The summed E-state index contributed by atoms with van der Waals surface area (Å²) in [5.41, 5.74) is 11.6. The Morgan fingerprint density at radius 2 is 1.08 bits per heavy atom. The molecule has 6 nitrogen and oxygen atoms in total. The van der Waals surface area contributed by atoms with Gasteiger partial charge >= 0.3 is 0 Å². The van der Waals surface area contributed by atoms with Gasteiger partial charge in [0.15, 0.2) is 11.6 Å². The van der Waals surface area contributed by atoms with Crippen molar-refractivity contribution in [2.45, 2.75) is 0 Å². The van der Waals surface area contributed by atoms with Gasteiger partial charge in [-0.25, -0.2) is 4.98 Å².